The minimum absolute atomic E-state index is 0.0160. The molecule has 0 radical (unpaired) electrons. The third-order valence-electron chi connectivity index (χ3n) is 4.28. The highest BCUT2D eigenvalue weighted by atomic mass is 32.1. The Kier molecular flexibility index (Phi) is 3.84. The molecule has 0 unspecified atom stereocenters. The number of carbonyl (C=O) groups is 2. The summed E-state index contributed by atoms with van der Waals surface area (Å²) in [4.78, 5) is 30.7. The Balaban J connectivity index is 1.64. The number of urea groups is 1. The van der Waals surface area contributed by atoms with Gasteiger partial charge in [-0.1, -0.05) is 6.92 Å². The molecule has 1 aliphatic carbocycles. The van der Waals surface area contributed by atoms with E-state index in [0.29, 0.717) is 11.7 Å². The monoisotopic (exact) mass is 309 g/mol. The Morgan fingerprint density at radius 2 is 2.10 bits per heavy atom. The molecule has 1 aliphatic heterocycles. The largest absolute Gasteiger partial charge is 0.481 e. The maximum atomic E-state index is 12.2. The molecule has 1 saturated heterocycles. The molecule has 6 nitrogen and oxygen atoms in total. The summed E-state index contributed by atoms with van der Waals surface area (Å²) in [6.45, 7) is 2.62. The molecule has 0 aromatic carbocycles. The normalized spacial score (nSPS) is 24.7. The fourth-order valence-electron chi connectivity index (χ4n) is 3.03. The molecule has 114 valence electrons. The Morgan fingerprint density at radius 1 is 1.33 bits per heavy atom. The summed E-state index contributed by atoms with van der Waals surface area (Å²) in [6.07, 6.45) is 4.38. The summed E-state index contributed by atoms with van der Waals surface area (Å²) in [5.74, 6) is -1.32. The minimum Gasteiger partial charge on any atom is -0.481 e. The van der Waals surface area contributed by atoms with Gasteiger partial charge in [0.05, 0.1) is 11.6 Å². The first-order chi connectivity index (χ1) is 10.0. The van der Waals surface area contributed by atoms with Gasteiger partial charge in [-0.05, 0) is 31.6 Å². The Morgan fingerprint density at radius 3 is 2.76 bits per heavy atom. The zero-order valence-corrected chi connectivity index (χ0v) is 12.8. The number of fused-ring (bicyclic) bond motifs is 1. The number of rotatable bonds is 2. The van der Waals surface area contributed by atoms with Crippen molar-refractivity contribution >= 4 is 28.5 Å². The fraction of sp³-hybridized carbons (Fsp3) is 0.643. The summed E-state index contributed by atoms with van der Waals surface area (Å²) >= 11 is 1.54. The highest BCUT2D eigenvalue weighted by molar-refractivity contribution is 7.15. The average Bonchev–Trinajstić information content (AvgIpc) is 3.01. The van der Waals surface area contributed by atoms with Gasteiger partial charge in [0, 0.05) is 18.0 Å². The van der Waals surface area contributed by atoms with Crippen LogP contribution in [0.1, 0.15) is 30.3 Å². The number of aliphatic carboxylic acids is 1. The number of carboxylic acids is 1. The molecule has 0 spiro atoms. The number of aromatic nitrogens is 1. The standard InChI is InChI=1S/C14H19N3O3S/c1-8-6-17(7-9(8)12(18)19)14(20)16-13-15-10-4-2-3-5-11(10)21-13/h8-9H,2-7H2,1H3,(H,18,19)(H,15,16,20)/t8-,9-/m1/s1. The molecule has 1 fully saturated rings. The van der Waals surface area contributed by atoms with Crippen LogP contribution < -0.4 is 5.32 Å². The Labute approximate surface area is 127 Å². The van der Waals surface area contributed by atoms with Crippen LogP contribution in [0.4, 0.5) is 9.93 Å². The van der Waals surface area contributed by atoms with E-state index in [1.54, 1.807) is 16.2 Å². The number of hydrogen-bond acceptors (Lipinski definition) is 4. The lowest BCUT2D eigenvalue weighted by Crippen LogP contribution is -2.33. The number of likely N-dealkylation sites (tertiary alicyclic amines) is 1. The smallest absolute Gasteiger partial charge is 0.323 e. The lowest BCUT2D eigenvalue weighted by atomic mass is 9.99. The van der Waals surface area contributed by atoms with Gasteiger partial charge in [-0.2, -0.15) is 0 Å². The van der Waals surface area contributed by atoms with Crippen LogP contribution in [-0.4, -0.2) is 40.1 Å². The first-order valence-electron chi connectivity index (χ1n) is 7.32. The number of thiazole rings is 1. The highest BCUT2D eigenvalue weighted by Gasteiger charge is 2.37. The summed E-state index contributed by atoms with van der Waals surface area (Å²) < 4.78 is 0. The van der Waals surface area contributed by atoms with Gasteiger partial charge in [-0.3, -0.25) is 10.1 Å². The van der Waals surface area contributed by atoms with Gasteiger partial charge in [0.25, 0.3) is 0 Å². The van der Waals surface area contributed by atoms with Crippen molar-refractivity contribution in [2.45, 2.75) is 32.6 Å². The molecule has 1 aromatic rings. The molecule has 2 atom stereocenters. The average molecular weight is 309 g/mol. The second kappa shape index (κ2) is 5.63. The fourth-order valence-corrected chi connectivity index (χ4v) is 4.07. The lowest BCUT2D eigenvalue weighted by molar-refractivity contribution is -0.142. The molecule has 0 saturated carbocycles. The van der Waals surface area contributed by atoms with Crippen LogP contribution in [0.5, 0.6) is 0 Å². The number of nitrogens with zero attached hydrogens (tertiary/aromatic N) is 2. The van der Waals surface area contributed by atoms with E-state index < -0.39 is 11.9 Å². The van der Waals surface area contributed by atoms with Crippen LogP contribution in [0.25, 0.3) is 0 Å². The van der Waals surface area contributed by atoms with E-state index in [1.165, 1.54) is 11.3 Å². The molecule has 2 heterocycles. The summed E-state index contributed by atoms with van der Waals surface area (Å²) in [6, 6.07) is -0.239. The molecule has 21 heavy (non-hydrogen) atoms. The first kappa shape index (κ1) is 14.3. The first-order valence-corrected chi connectivity index (χ1v) is 8.13. The summed E-state index contributed by atoms with van der Waals surface area (Å²) in [7, 11) is 0. The van der Waals surface area contributed by atoms with Gasteiger partial charge in [0.15, 0.2) is 5.13 Å². The van der Waals surface area contributed by atoms with Crippen LogP contribution in [0.15, 0.2) is 0 Å². The van der Waals surface area contributed by atoms with Crippen molar-refractivity contribution < 1.29 is 14.7 Å². The SMILES string of the molecule is C[C@@H]1CN(C(=O)Nc2nc3c(s2)CCCC3)C[C@H]1C(=O)O. The van der Waals surface area contributed by atoms with Gasteiger partial charge in [-0.25, -0.2) is 9.78 Å². The zero-order valence-electron chi connectivity index (χ0n) is 12.0. The second-order valence-electron chi connectivity index (χ2n) is 5.85. The van der Waals surface area contributed by atoms with Crippen LogP contribution in [0.2, 0.25) is 0 Å². The van der Waals surface area contributed by atoms with Crippen LogP contribution in [0, 0.1) is 11.8 Å². The quantitative estimate of drug-likeness (QED) is 0.877. The zero-order chi connectivity index (χ0) is 15.0. The molecule has 3 rings (SSSR count). The van der Waals surface area contributed by atoms with Crippen molar-refractivity contribution in [3.05, 3.63) is 10.6 Å². The number of aryl methyl sites for hydroxylation is 2. The summed E-state index contributed by atoms with van der Waals surface area (Å²) in [5.41, 5.74) is 1.11. The second-order valence-corrected chi connectivity index (χ2v) is 6.94. The molecule has 0 bridgehead atoms. The molecule has 2 amide bonds. The van der Waals surface area contributed by atoms with Crippen molar-refractivity contribution in [2.75, 3.05) is 18.4 Å². The summed E-state index contributed by atoms with van der Waals surface area (Å²) in [5, 5.41) is 12.6. The predicted octanol–water partition coefficient (Wildman–Crippen LogP) is 2.21. The van der Waals surface area contributed by atoms with Crippen molar-refractivity contribution in [3.63, 3.8) is 0 Å². The van der Waals surface area contributed by atoms with Gasteiger partial charge >= 0.3 is 12.0 Å². The van der Waals surface area contributed by atoms with Crippen molar-refractivity contribution in [2.24, 2.45) is 11.8 Å². The molecule has 2 aliphatic rings. The number of carbonyl (C=O) groups excluding carboxylic acids is 1. The lowest BCUT2D eigenvalue weighted by Gasteiger charge is -2.15. The van der Waals surface area contributed by atoms with Gasteiger partial charge in [0.1, 0.15) is 0 Å². The van der Waals surface area contributed by atoms with Gasteiger partial charge < -0.3 is 10.0 Å². The van der Waals surface area contributed by atoms with E-state index in [2.05, 4.69) is 10.3 Å². The van der Waals surface area contributed by atoms with Crippen LogP contribution in [0.3, 0.4) is 0 Å². The van der Waals surface area contributed by atoms with Gasteiger partial charge in [-0.15, -0.1) is 11.3 Å². The van der Waals surface area contributed by atoms with E-state index in [4.69, 9.17) is 5.11 Å². The van der Waals surface area contributed by atoms with E-state index in [0.717, 1.165) is 25.0 Å². The molecule has 1 aromatic heterocycles. The number of anilines is 1. The molecular weight excluding hydrogens is 290 g/mol. The number of carboxylic acid groups (broad SMARTS) is 1. The van der Waals surface area contributed by atoms with Crippen LogP contribution in [-0.2, 0) is 17.6 Å². The van der Waals surface area contributed by atoms with E-state index in [1.807, 2.05) is 6.92 Å². The van der Waals surface area contributed by atoms with E-state index in [9.17, 15) is 9.59 Å². The molecular formula is C14H19N3O3S. The number of hydrogen-bond donors (Lipinski definition) is 2. The van der Waals surface area contributed by atoms with E-state index >= 15 is 0 Å². The molecule has 2 N–H and O–H groups in total. The topological polar surface area (TPSA) is 82.5 Å². The highest BCUT2D eigenvalue weighted by Crippen LogP contribution is 2.30. The van der Waals surface area contributed by atoms with Crippen molar-refractivity contribution in [1.29, 1.82) is 0 Å². The number of amides is 2. The van der Waals surface area contributed by atoms with Crippen molar-refractivity contribution in [1.82, 2.24) is 9.88 Å². The third-order valence-corrected chi connectivity index (χ3v) is 5.35. The van der Waals surface area contributed by atoms with Crippen molar-refractivity contribution in [3.8, 4) is 0 Å². The molecule has 7 heteroatoms. The van der Waals surface area contributed by atoms with Crippen LogP contribution >= 0.6 is 11.3 Å². The third kappa shape index (κ3) is 2.88. The van der Waals surface area contributed by atoms with E-state index in [-0.39, 0.29) is 18.5 Å². The minimum atomic E-state index is -0.831. The van der Waals surface area contributed by atoms with Gasteiger partial charge in [0.2, 0.25) is 0 Å². The Hall–Kier alpha value is -1.63. The maximum absolute atomic E-state index is 12.2. The maximum Gasteiger partial charge on any atom is 0.323 e. The predicted molar refractivity (Wildman–Crippen MR) is 79.6 cm³/mol. The Bertz CT molecular complexity index is 548. The number of nitrogens with one attached hydrogen (secondary N) is 1.